The van der Waals surface area contributed by atoms with Gasteiger partial charge in [-0.1, -0.05) is 19.9 Å². The summed E-state index contributed by atoms with van der Waals surface area (Å²) in [4.78, 5) is 35.1. The van der Waals surface area contributed by atoms with Crippen LogP contribution in [0.15, 0.2) is 21.7 Å². The fourth-order valence-corrected chi connectivity index (χ4v) is 3.97. The van der Waals surface area contributed by atoms with Gasteiger partial charge in [0.25, 0.3) is 11.6 Å². The van der Waals surface area contributed by atoms with Gasteiger partial charge in [-0.2, -0.15) is 5.10 Å². The summed E-state index contributed by atoms with van der Waals surface area (Å²) in [5, 5.41) is 18.2. The molecule has 0 saturated heterocycles. The number of urea groups is 1. The fraction of sp³-hybridized carbons (Fsp3) is 0.381. The van der Waals surface area contributed by atoms with Crippen LogP contribution < -0.4 is 16.5 Å². The van der Waals surface area contributed by atoms with Gasteiger partial charge in [-0.15, -0.1) is 0 Å². The molecule has 10 heteroatoms. The maximum absolute atomic E-state index is 13.0. The molecular formula is C21H25N5O5. The van der Waals surface area contributed by atoms with Gasteiger partial charge in [-0.05, 0) is 43.7 Å². The van der Waals surface area contributed by atoms with Crippen LogP contribution in [0.3, 0.4) is 0 Å². The van der Waals surface area contributed by atoms with Crippen LogP contribution in [0.5, 0.6) is 0 Å². The lowest BCUT2D eigenvalue weighted by molar-refractivity contribution is -0.384. The van der Waals surface area contributed by atoms with E-state index in [0.29, 0.717) is 41.0 Å². The number of hydrazone groups is 1. The topological polar surface area (TPSA) is 153 Å². The molecule has 0 spiro atoms. The first-order valence-electron chi connectivity index (χ1n) is 9.71. The van der Waals surface area contributed by atoms with E-state index in [2.05, 4.69) is 15.8 Å². The van der Waals surface area contributed by atoms with E-state index in [9.17, 15) is 19.7 Å². The SMILES string of the molecule is Cc1cc(C)c(NC(=O)c2oc3c(c2C)/C(=N\NC(N)=O)CC(C)(C)C3)c([N+](=O)[O-])c1. The molecule has 0 radical (unpaired) electrons. The Labute approximate surface area is 179 Å². The van der Waals surface area contributed by atoms with Gasteiger partial charge in [0.1, 0.15) is 11.4 Å². The molecule has 1 aromatic carbocycles. The van der Waals surface area contributed by atoms with E-state index in [0.717, 1.165) is 5.56 Å². The second-order valence-electron chi connectivity index (χ2n) is 8.59. The molecule has 10 nitrogen and oxygen atoms in total. The summed E-state index contributed by atoms with van der Waals surface area (Å²) in [7, 11) is 0. The molecule has 1 aliphatic carbocycles. The lowest BCUT2D eigenvalue weighted by Gasteiger charge is -2.29. The summed E-state index contributed by atoms with van der Waals surface area (Å²) in [6.45, 7) is 9.20. The van der Waals surface area contributed by atoms with Crippen molar-refractivity contribution in [2.75, 3.05) is 5.32 Å². The molecule has 1 aliphatic rings. The maximum atomic E-state index is 13.0. The summed E-state index contributed by atoms with van der Waals surface area (Å²) in [5.74, 6) is 0.0183. The highest BCUT2D eigenvalue weighted by atomic mass is 16.6. The first-order valence-corrected chi connectivity index (χ1v) is 9.71. The first kappa shape index (κ1) is 22.0. The molecule has 0 atom stereocenters. The maximum Gasteiger partial charge on any atom is 0.332 e. The number of nitro benzene ring substituents is 1. The Balaban J connectivity index is 2.03. The Hall–Kier alpha value is -3.69. The predicted molar refractivity (Wildman–Crippen MR) is 115 cm³/mol. The van der Waals surface area contributed by atoms with E-state index >= 15 is 0 Å². The number of aryl methyl sites for hydroxylation is 2. The van der Waals surface area contributed by atoms with Crippen LogP contribution >= 0.6 is 0 Å². The Kier molecular flexibility index (Phi) is 5.58. The zero-order valence-electron chi connectivity index (χ0n) is 18.1. The number of anilines is 1. The summed E-state index contributed by atoms with van der Waals surface area (Å²) < 4.78 is 5.90. The highest BCUT2D eigenvalue weighted by Gasteiger charge is 2.36. The number of hydrogen-bond acceptors (Lipinski definition) is 6. The standard InChI is InChI=1S/C21H25N5O5/c1-10-6-11(2)17(14(7-10)26(29)30)23-19(27)18-12(3)16-13(24-25-20(22)28)8-21(4,5)9-15(16)31-18/h6-7H,8-9H2,1-5H3,(H,23,27)(H3,22,25,28)/b24-13-. The van der Waals surface area contributed by atoms with Crippen molar-refractivity contribution in [2.45, 2.75) is 47.5 Å². The van der Waals surface area contributed by atoms with Crippen LogP contribution in [-0.4, -0.2) is 22.6 Å². The van der Waals surface area contributed by atoms with Crippen molar-refractivity contribution in [2.24, 2.45) is 16.3 Å². The second-order valence-corrected chi connectivity index (χ2v) is 8.59. The van der Waals surface area contributed by atoms with Crippen LogP contribution in [-0.2, 0) is 6.42 Å². The molecule has 0 unspecified atom stereocenters. The number of nitrogens with one attached hydrogen (secondary N) is 2. The lowest BCUT2D eigenvalue weighted by atomic mass is 9.75. The number of primary amides is 1. The highest BCUT2D eigenvalue weighted by Crippen LogP contribution is 2.39. The third-order valence-electron chi connectivity index (χ3n) is 5.19. The number of amides is 3. The number of carbonyl (C=O) groups excluding carboxylic acids is 2. The van der Waals surface area contributed by atoms with Gasteiger partial charge < -0.3 is 15.5 Å². The number of nitrogens with zero attached hydrogens (tertiary/aromatic N) is 2. The Morgan fingerprint density at radius 1 is 1.23 bits per heavy atom. The molecule has 0 fully saturated rings. The predicted octanol–water partition coefficient (Wildman–Crippen LogP) is 3.71. The third kappa shape index (κ3) is 4.42. The normalized spacial score (nSPS) is 16.0. The minimum atomic E-state index is -0.793. The summed E-state index contributed by atoms with van der Waals surface area (Å²) in [6.07, 6.45) is 1.11. The smallest absolute Gasteiger partial charge is 0.332 e. The summed E-state index contributed by atoms with van der Waals surface area (Å²) in [5.41, 5.74) is 10.1. The molecule has 3 amide bonds. The van der Waals surface area contributed by atoms with Gasteiger partial charge in [0, 0.05) is 23.6 Å². The van der Waals surface area contributed by atoms with Crippen LogP contribution in [0, 0.1) is 36.3 Å². The average molecular weight is 427 g/mol. The summed E-state index contributed by atoms with van der Waals surface area (Å²) in [6, 6.07) is 2.37. The van der Waals surface area contributed by atoms with E-state index in [4.69, 9.17) is 10.2 Å². The number of furan rings is 1. The van der Waals surface area contributed by atoms with E-state index in [1.807, 2.05) is 13.8 Å². The van der Waals surface area contributed by atoms with Crippen LogP contribution in [0.25, 0.3) is 0 Å². The number of hydrogen-bond donors (Lipinski definition) is 3. The number of benzene rings is 1. The van der Waals surface area contributed by atoms with Crippen LogP contribution in [0.4, 0.5) is 16.2 Å². The largest absolute Gasteiger partial charge is 0.455 e. The van der Waals surface area contributed by atoms with E-state index < -0.39 is 16.9 Å². The molecule has 0 bridgehead atoms. The zero-order valence-corrected chi connectivity index (χ0v) is 18.1. The lowest BCUT2D eigenvalue weighted by Crippen LogP contribution is -2.31. The molecule has 4 N–H and O–H groups in total. The minimum absolute atomic E-state index is 0.0451. The molecule has 1 heterocycles. The van der Waals surface area contributed by atoms with Gasteiger partial charge in [0.15, 0.2) is 5.76 Å². The van der Waals surface area contributed by atoms with Gasteiger partial charge in [-0.25, -0.2) is 10.2 Å². The third-order valence-corrected chi connectivity index (χ3v) is 5.19. The van der Waals surface area contributed by atoms with Gasteiger partial charge >= 0.3 is 6.03 Å². The number of rotatable bonds is 4. The van der Waals surface area contributed by atoms with Crippen LogP contribution in [0.2, 0.25) is 0 Å². The number of fused-ring (bicyclic) bond motifs is 1. The monoisotopic (exact) mass is 427 g/mol. The molecule has 1 aromatic heterocycles. The molecule has 31 heavy (non-hydrogen) atoms. The molecule has 0 saturated carbocycles. The number of nitro groups is 1. The van der Waals surface area contributed by atoms with Gasteiger partial charge in [-0.3, -0.25) is 14.9 Å². The minimum Gasteiger partial charge on any atom is -0.455 e. The molecule has 0 aliphatic heterocycles. The molecular weight excluding hydrogens is 402 g/mol. The van der Waals surface area contributed by atoms with Crippen molar-refractivity contribution in [1.82, 2.24) is 5.43 Å². The molecule has 2 aromatic rings. The Morgan fingerprint density at radius 3 is 2.52 bits per heavy atom. The van der Waals surface area contributed by atoms with E-state index in [1.54, 1.807) is 26.8 Å². The quantitative estimate of drug-likeness (QED) is 0.501. The Morgan fingerprint density at radius 2 is 1.90 bits per heavy atom. The van der Waals surface area contributed by atoms with Gasteiger partial charge in [0.05, 0.1) is 10.6 Å². The van der Waals surface area contributed by atoms with Crippen LogP contribution in [0.1, 0.15) is 58.8 Å². The number of carbonyl (C=O) groups is 2. The van der Waals surface area contributed by atoms with E-state index in [-0.39, 0.29) is 22.6 Å². The summed E-state index contributed by atoms with van der Waals surface area (Å²) >= 11 is 0. The van der Waals surface area contributed by atoms with Crippen molar-refractivity contribution in [3.63, 3.8) is 0 Å². The van der Waals surface area contributed by atoms with Crippen molar-refractivity contribution >= 4 is 29.0 Å². The zero-order chi connectivity index (χ0) is 23.1. The fourth-order valence-electron chi connectivity index (χ4n) is 3.97. The van der Waals surface area contributed by atoms with Crippen molar-refractivity contribution in [3.8, 4) is 0 Å². The molecule has 164 valence electrons. The second kappa shape index (κ2) is 7.86. The highest BCUT2D eigenvalue weighted by molar-refractivity contribution is 6.10. The average Bonchev–Trinajstić information content (AvgIpc) is 2.96. The van der Waals surface area contributed by atoms with Crippen molar-refractivity contribution < 1.29 is 18.9 Å². The first-order chi connectivity index (χ1) is 14.4. The Bertz CT molecular complexity index is 1130. The van der Waals surface area contributed by atoms with Crippen molar-refractivity contribution in [1.29, 1.82) is 0 Å². The molecule has 3 rings (SSSR count). The van der Waals surface area contributed by atoms with Gasteiger partial charge in [0.2, 0.25) is 0 Å². The van der Waals surface area contributed by atoms with E-state index in [1.165, 1.54) is 6.07 Å². The number of nitrogens with two attached hydrogens (primary N) is 1. The van der Waals surface area contributed by atoms with Crippen molar-refractivity contribution in [3.05, 3.63) is 56.0 Å².